The van der Waals surface area contributed by atoms with Crippen molar-refractivity contribution < 1.29 is 118 Å². The van der Waals surface area contributed by atoms with E-state index in [-0.39, 0.29) is 118 Å². The van der Waals surface area contributed by atoms with E-state index in [2.05, 4.69) is 24.3 Å². The van der Waals surface area contributed by atoms with Crippen molar-refractivity contribution in [3.05, 3.63) is 314 Å². The predicted molar refractivity (Wildman–Crippen MR) is 541 cm³/mol. The first-order valence-corrected chi connectivity index (χ1v) is 49.2. The topological polar surface area (TPSA) is 353 Å². The van der Waals surface area contributed by atoms with Gasteiger partial charge in [-0.1, -0.05) is 288 Å². The van der Waals surface area contributed by atoms with Crippen molar-refractivity contribution in [3.63, 3.8) is 0 Å². The van der Waals surface area contributed by atoms with E-state index < -0.39 is 94.8 Å². The molecular formula is C111H112Cl2N6O18S2Y. The molecule has 2 aromatic heterocycles. The van der Waals surface area contributed by atoms with Gasteiger partial charge in [0.2, 0.25) is 0 Å². The number of phenols is 3. The molecule has 14 aromatic rings. The molecule has 24 nitrogen and oxygen atoms in total. The molecule has 0 amide bonds. The molecule has 12 aromatic carbocycles. The summed E-state index contributed by atoms with van der Waals surface area (Å²) in [5, 5.41) is 42.5. The number of epoxide rings is 1. The summed E-state index contributed by atoms with van der Waals surface area (Å²) in [6, 6.07) is 93.8. The maximum atomic E-state index is 13.6. The maximum absolute atomic E-state index is 13.6. The van der Waals surface area contributed by atoms with Crippen LogP contribution in [0.3, 0.4) is 0 Å². The van der Waals surface area contributed by atoms with Gasteiger partial charge in [0.15, 0.2) is 54.6 Å². The van der Waals surface area contributed by atoms with Crippen LogP contribution in [0.15, 0.2) is 313 Å². The van der Waals surface area contributed by atoms with E-state index in [9.17, 15) is 56.4 Å². The Morgan fingerprint density at radius 3 is 1.01 bits per heavy atom. The number of unbranched alkanes of at least 4 members (excludes halogenated alkanes) is 2. The number of carbonyl (C=O) groups excluding carboxylic acids is 4. The number of carbonyl (C=O) groups is 4. The first kappa shape index (κ1) is 108. The number of alkyl halides is 2. The summed E-state index contributed by atoms with van der Waals surface area (Å²) in [7, 11) is -7.89. The summed E-state index contributed by atoms with van der Waals surface area (Å²) >= 11 is 13.2. The maximum Gasteiger partial charge on any atom is 0.327 e. The van der Waals surface area contributed by atoms with Crippen LogP contribution in [-0.2, 0) is 95.2 Å². The van der Waals surface area contributed by atoms with E-state index in [0.29, 0.717) is 59.7 Å². The number of aryl methyl sites for hydroxylation is 2. The van der Waals surface area contributed by atoms with Gasteiger partial charge in [0.1, 0.15) is 64.8 Å². The van der Waals surface area contributed by atoms with Crippen LogP contribution in [-0.4, -0.2) is 164 Å². The Kier molecular flexibility index (Phi) is 37.6. The normalized spacial score (nSPS) is 14.0. The quantitative estimate of drug-likeness (QED) is 0.00923. The Hall–Kier alpha value is -12.8. The minimum Gasteiger partial charge on any atom is -0.508 e. The van der Waals surface area contributed by atoms with Crippen LogP contribution in [0.5, 0.6) is 23.0 Å². The summed E-state index contributed by atoms with van der Waals surface area (Å²) in [5.74, 6) is -2.29. The number of hydrogen-bond acceptors (Lipinski definition) is 24. The molecule has 3 heterocycles. The molecule has 29 heteroatoms. The Morgan fingerprint density at radius 2 is 0.693 bits per heavy atom. The fourth-order valence-corrected chi connectivity index (χ4v) is 19.5. The number of phenolic OH excluding ortho intramolecular Hbond substituents is 3. The number of hydrogen-bond donors (Lipinski definition) is 4. The van der Waals surface area contributed by atoms with Crippen molar-refractivity contribution in [1.29, 1.82) is 0 Å². The van der Waals surface area contributed by atoms with Gasteiger partial charge in [-0.3, -0.25) is 19.2 Å². The van der Waals surface area contributed by atoms with E-state index in [4.69, 9.17) is 81.5 Å². The van der Waals surface area contributed by atoms with Crippen molar-refractivity contribution in [1.82, 2.24) is 29.9 Å². The molecule has 1 fully saturated rings. The van der Waals surface area contributed by atoms with Crippen molar-refractivity contribution in [3.8, 4) is 136 Å². The van der Waals surface area contributed by atoms with Crippen LogP contribution in [0.25, 0.3) is 113 Å². The number of aliphatic hydroxyl groups excluding tert-OH is 1. The molecule has 1 saturated heterocycles. The zero-order chi connectivity index (χ0) is 98.4. The monoisotopic (exact) mass is 2040 g/mol. The van der Waals surface area contributed by atoms with Gasteiger partial charge in [-0.15, -0.1) is 23.2 Å². The number of aromatic nitrogens is 6. The zero-order valence-electron chi connectivity index (χ0n) is 78.3. The van der Waals surface area contributed by atoms with Crippen molar-refractivity contribution in [2.24, 2.45) is 10.8 Å². The second-order valence-electron chi connectivity index (χ2n) is 34.9. The van der Waals surface area contributed by atoms with Gasteiger partial charge in [-0.2, -0.15) is 0 Å². The Balaban J connectivity index is 0.000000221. The molecule has 0 bridgehead atoms. The summed E-state index contributed by atoms with van der Waals surface area (Å²) in [4.78, 5) is 77.6. The molecule has 1 radical (unpaired) electrons. The van der Waals surface area contributed by atoms with Crippen molar-refractivity contribution in [2.45, 2.75) is 133 Å². The first-order chi connectivity index (χ1) is 66.1. The van der Waals surface area contributed by atoms with Gasteiger partial charge in [0, 0.05) is 67.1 Å². The van der Waals surface area contributed by atoms with Crippen molar-refractivity contribution in [2.75, 3.05) is 51.1 Å². The molecule has 1 aliphatic rings. The molecule has 0 aliphatic carbocycles. The van der Waals surface area contributed by atoms with Gasteiger partial charge >= 0.3 is 23.9 Å². The molecule has 4 N–H and O–H groups in total. The summed E-state index contributed by atoms with van der Waals surface area (Å²) in [6.45, 7) is 13.1. The number of aliphatic hydroxyl groups is 1. The number of rotatable bonds is 37. The number of ether oxygens (including phenoxy) is 6. The largest absolute Gasteiger partial charge is 0.508 e. The van der Waals surface area contributed by atoms with E-state index in [1.165, 1.54) is 70.2 Å². The molecular weight excluding hydrogens is 1930 g/mol. The molecule has 0 spiro atoms. The van der Waals surface area contributed by atoms with Crippen molar-refractivity contribution >= 4 is 66.8 Å². The summed E-state index contributed by atoms with van der Waals surface area (Å²) < 4.78 is 85.5. The third kappa shape index (κ3) is 29.2. The Labute approximate surface area is 852 Å². The van der Waals surface area contributed by atoms with E-state index in [1.807, 2.05) is 222 Å². The van der Waals surface area contributed by atoms with Gasteiger partial charge in [-0.25, -0.2) is 46.7 Å². The number of nitrogens with zero attached hydrogens (tertiary/aromatic N) is 6. The Morgan fingerprint density at radius 1 is 0.393 bits per heavy atom. The van der Waals surface area contributed by atoms with Crippen LogP contribution in [0, 0.1) is 24.7 Å². The third-order valence-corrected chi connectivity index (χ3v) is 27.5. The van der Waals surface area contributed by atoms with Crippen LogP contribution < -0.4 is 4.74 Å². The van der Waals surface area contributed by atoms with Gasteiger partial charge in [0.05, 0.1) is 63.1 Å². The van der Waals surface area contributed by atoms with E-state index >= 15 is 0 Å². The molecule has 140 heavy (non-hydrogen) atoms. The van der Waals surface area contributed by atoms with Gasteiger partial charge < -0.3 is 48.8 Å². The fraction of sp³-hybridized carbons (Fsp3) is 0.261. The summed E-state index contributed by atoms with van der Waals surface area (Å²) in [5.41, 5.74) is 11.0. The molecule has 1 aliphatic heterocycles. The van der Waals surface area contributed by atoms with Crippen LogP contribution in [0.1, 0.15) is 98.6 Å². The molecule has 6 unspecified atom stereocenters. The fourth-order valence-electron chi connectivity index (χ4n) is 15.3. The van der Waals surface area contributed by atoms with E-state index in [0.717, 1.165) is 90.7 Å². The molecule has 723 valence electrons. The molecule has 6 atom stereocenters. The molecule has 0 saturated carbocycles. The average molecular weight is 2040 g/mol. The minimum absolute atomic E-state index is 0. The standard InChI is InChI=1S/C55H54ClN3O9S.C33H23N3O2.C22H31ClO7S.CH4.Y/c1-5-6-31-66-52(62)54(3,36-69(64,65)46-28-17-37(2)18-29-46)35-55(4,56)53(63)68-34-44(60)33-67-45-27-30-47(48(61)32-45)51-58-49(42-23-19-40(20-24-42)38-13-9-7-10-14-38)57-50(59-51)43-25-21-41(22-26-43)39-15-11-8-12-16-39;37-28-19-20-29(30(38)21-28)33-35-31(26-15-11-24(12-16-26)22-7-3-1-4-8-22)34-32(36-33)27-17-13-25(14-18-27)23-9-5-2-6-10-23;1-5-6-11-28-19(24)21(3,14-22(4,23)20(25)30-13-17-12-29-17)15-31(26,27)18-9-7-16(2)8-10-18;;/h7-30,32,44,60-61H,5-6,31,33-36H2,1-4H3;1-21,37-38H;7-10,17H,5-6,11-15H2,1-4H3;1H4;. The number of benzene rings is 12. The van der Waals surface area contributed by atoms with Gasteiger partial charge in [-0.05, 0) is 160 Å². The van der Waals surface area contributed by atoms with E-state index in [1.54, 1.807) is 42.5 Å². The molecule has 15 rings (SSSR count). The van der Waals surface area contributed by atoms with Crippen LogP contribution in [0.2, 0.25) is 0 Å². The number of esters is 4. The SMILES string of the molecule is C.CCCCOC(=O)C(C)(CC(C)(Cl)C(=O)OCC(O)COc1ccc(-c2nc(-c3ccc(-c4ccccc4)cc3)nc(-c3ccc(-c4ccccc4)cc3)n2)c(O)c1)CS(=O)(=O)c1ccc(C)cc1.CCCCOC(=O)C(C)(CC(C)(Cl)C(=O)OCC1CO1)CS(=O)(=O)c1ccc(C)cc1.Oc1ccc(-c2nc(-c3ccc(-c4ccccc4)cc3)nc(-c3ccc(-c4ccccc4)cc3)n2)c(O)c1.[Y]. The number of halogens is 2. The second-order valence-corrected chi connectivity index (χ2v) is 40.5. The minimum atomic E-state index is -4.03. The predicted octanol–water partition coefficient (Wildman–Crippen LogP) is 22.4. The average Bonchev–Trinajstić information content (AvgIpc) is 1.42. The number of sulfone groups is 2. The zero-order valence-corrected chi connectivity index (χ0v) is 84.2. The second kappa shape index (κ2) is 48.9. The first-order valence-electron chi connectivity index (χ1n) is 45.2. The third-order valence-electron chi connectivity index (χ3n) is 22.9. The van der Waals surface area contributed by atoms with Crippen LogP contribution >= 0.6 is 23.2 Å². The number of aromatic hydroxyl groups is 3. The smallest absolute Gasteiger partial charge is 0.327 e. The summed E-state index contributed by atoms with van der Waals surface area (Å²) in [6.07, 6.45) is 0.581. The van der Waals surface area contributed by atoms with Gasteiger partial charge in [0.25, 0.3) is 0 Å². The van der Waals surface area contributed by atoms with Crippen LogP contribution in [0.4, 0.5) is 0 Å². The Bertz CT molecular complexity index is 6570.